The molecule has 5 rings (SSSR count). The molecule has 1 N–H and O–H groups in total. The fraction of sp³-hybridized carbons (Fsp3) is 0.192. The summed E-state index contributed by atoms with van der Waals surface area (Å²) in [4.78, 5) is 13.7. The van der Waals surface area contributed by atoms with E-state index in [1.807, 2.05) is 36.4 Å². The zero-order valence-corrected chi connectivity index (χ0v) is 18.5. The SMILES string of the molecule is CC(C)(C)c1ccc([C@@H]2C3=C(Nc4ccccc4S2(=O)=O)c2ccccc2C3=O)cc1. The number of carbonyl (C=O) groups is 1. The normalized spacial score (nSPS) is 19.2. The van der Waals surface area contributed by atoms with Gasteiger partial charge in [-0.25, -0.2) is 8.42 Å². The third-order valence-electron chi connectivity index (χ3n) is 6.06. The zero-order chi connectivity index (χ0) is 22.0. The third-order valence-corrected chi connectivity index (χ3v) is 8.16. The summed E-state index contributed by atoms with van der Waals surface area (Å²) in [5.74, 6) is -0.237. The predicted octanol–water partition coefficient (Wildman–Crippen LogP) is 5.53. The first-order chi connectivity index (χ1) is 14.7. The van der Waals surface area contributed by atoms with Gasteiger partial charge in [0, 0.05) is 16.7 Å². The average molecular weight is 430 g/mol. The van der Waals surface area contributed by atoms with Crippen LogP contribution in [0.4, 0.5) is 5.69 Å². The van der Waals surface area contributed by atoms with E-state index < -0.39 is 15.1 Å². The lowest BCUT2D eigenvalue weighted by Crippen LogP contribution is -2.19. The lowest BCUT2D eigenvalue weighted by molar-refractivity contribution is 0.103. The molecular weight excluding hydrogens is 406 g/mol. The number of hydrogen-bond donors (Lipinski definition) is 1. The highest BCUT2D eigenvalue weighted by molar-refractivity contribution is 7.92. The van der Waals surface area contributed by atoms with Crippen molar-refractivity contribution >= 4 is 27.0 Å². The molecule has 0 saturated carbocycles. The third kappa shape index (κ3) is 2.95. The van der Waals surface area contributed by atoms with Gasteiger partial charge in [-0.1, -0.05) is 81.4 Å². The van der Waals surface area contributed by atoms with Gasteiger partial charge in [0.1, 0.15) is 5.25 Å². The van der Waals surface area contributed by atoms with Crippen LogP contribution in [0.2, 0.25) is 0 Å². The van der Waals surface area contributed by atoms with Gasteiger partial charge in [-0.3, -0.25) is 4.79 Å². The summed E-state index contributed by atoms with van der Waals surface area (Å²) in [5, 5.41) is 2.20. The monoisotopic (exact) mass is 429 g/mol. The summed E-state index contributed by atoms with van der Waals surface area (Å²) in [7, 11) is -3.87. The molecule has 0 aromatic heterocycles. The van der Waals surface area contributed by atoms with E-state index in [-0.39, 0.29) is 16.1 Å². The molecule has 3 aromatic carbocycles. The molecule has 1 heterocycles. The number of anilines is 1. The van der Waals surface area contributed by atoms with Gasteiger partial charge in [0.25, 0.3) is 0 Å². The highest BCUT2D eigenvalue weighted by Crippen LogP contribution is 2.49. The fourth-order valence-corrected chi connectivity index (χ4v) is 6.42. The number of para-hydroxylation sites is 1. The standard InChI is InChI=1S/C26H23NO3S/c1-26(2,3)17-14-12-16(13-15-17)25-22-23(18-8-4-5-9-19(18)24(22)28)27-20-10-6-7-11-21(20)31(25,29)30/h4-15,25,27H,1-3H3/t25-/m1/s1. The van der Waals surface area contributed by atoms with E-state index in [4.69, 9.17) is 0 Å². The van der Waals surface area contributed by atoms with Crippen LogP contribution in [0.3, 0.4) is 0 Å². The highest BCUT2D eigenvalue weighted by atomic mass is 32.2. The molecule has 3 aromatic rings. The van der Waals surface area contributed by atoms with Crippen LogP contribution in [0.5, 0.6) is 0 Å². The van der Waals surface area contributed by atoms with Gasteiger partial charge in [-0.05, 0) is 28.7 Å². The van der Waals surface area contributed by atoms with Gasteiger partial charge in [-0.15, -0.1) is 0 Å². The van der Waals surface area contributed by atoms with E-state index in [1.54, 1.807) is 36.4 Å². The molecule has 2 aliphatic rings. The number of benzene rings is 3. The predicted molar refractivity (Wildman–Crippen MR) is 123 cm³/mol. The van der Waals surface area contributed by atoms with Crippen molar-refractivity contribution in [3.8, 4) is 0 Å². The molecule has 1 aliphatic heterocycles. The van der Waals surface area contributed by atoms with Crippen LogP contribution in [0, 0.1) is 0 Å². The number of rotatable bonds is 1. The lowest BCUT2D eigenvalue weighted by Gasteiger charge is -2.22. The largest absolute Gasteiger partial charge is 0.354 e. The van der Waals surface area contributed by atoms with Crippen molar-refractivity contribution in [2.24, 2.45) is 0 Å². The number of sulfone groups is 1. The number of nitrogens with one attached hydrogen (secondary N) is 1. The maximum atomic E-state index is 13.9. The number of Topliss-reactive ketones (excluding diaryl/α,β-unsaturated/α-hetero) is 1. The Morgan fingerprint density at radius 2 is 1.42 bits per heavy atom. The molecule has 0 fully saturated rings. The van der Waals surface area contributed by atoms with Crippen molar-refractivity contribution in [1.82, 2.24) is 0 Å². The van der Waals surface area contributed by atoms with Crippen molar-refractivity contribution in [2.45, 2.75) is 36.3 Å². The Labute approximate surface area is 182 Å². The molecule has 0 bridgehead atoms. The summed E-state index contributed by atoms with van der Waals surface area (Å²) in [6, 6.07) is 21.8. The molecular formula is C26H23NO3S. The zero-order valence-electron chi connectivity index (χ0n) is 17.6. The van der Waals surface area contributed by atoms with Crippen LogP contribution in [-0.4, -0.2) is 14.2 Å². The van der Waals surface area contributed by atoms with Crippen LogP contribution in [-0.2, 0) is 15.3 Å². The molecule has 0 unspecified atom stereocenters. The Kier molecular flexibility index (Phi) is 4.25. The van der Waals surface area contributed by atoms with Crippen LogP contribution >= 0.6 is 0 Å². The number of fused-ring (bicyclic) bond motifs is 3. The van der Waals surface area contributed by atoms with Crippen molar-refractivity contribution in [3.63, 3.8) is 0 Å². The van der Waals surface area contributed by atoms with Crippen molar-refractivity contribution < 1.29 is 13.2 Å². The van der Waals surface area contributed by atoms with E-state index in [2.05, 4.69) is 26.1 Å². The molecule has 4 nitrogen and oxygen atoms in total. The molecule has 1 aliphatic carbocycles. The summed E-state index contributed by atoms with van der Waals surface area (Å²) in [6.07, 6.45) is 0. The molecule has 31 heavy (non-hydrogen) atoms. The second-order valence-electron chi connectivity index (χ2n) is 9.08. The maximum absolute atomic E-state index is 13.9. The lowest BCUT2D eigenvalue weighted by atomic mass is 9.86. The molecule has 5 heteroatoms. The van der Waals surface area contributed by atoms with Crippen LogP contribution in [0.1, 0.15) is 53.1 Å². The molecule has 0 saturated heterocycles. The van der Waals surface area contributed by atoms with Gasteiger partial charge < -0.3 is 5.32 Å². The van der Waals surface area contributed by atoms with E-state index in [0.29, 0.717) is 28.1 Å². The van der Waals surface area contributed by atoms with Gasteiger partial charge in [0.05, 0.1) is 16.3 Å². The Bertz CT molecular complexity index is 1360. The molecule has 1 atom stereocenters. The maximum Gasteiger partial charge on any atom is 0.193 e. The summed E-state index contributed by atoms with van der Waals surface area (Å²) in [6.45, 7) is 6.34. The van der Waals surface area contributed by atoms with Crippen molar-refractivity contribution in [2.75, 3.05) is 5.32 Å². The Morgan fingerprint density at radius 1 is 0.806 bits per heavy atom. The minimum atomic E-state index is -3.87. The smallest absolute Gasteiger partial charge is 0.193 e. The second-order valence-corrected chi connectivity index (χ2v) is 11.1. The van der Waals surface area contributed by atoms with E-state index >= 15 is 0 Å². The first-order valence-electron chi connectivity index (χ1n) is 10.3. The molecule has 0 spiro atoms. The minimum Gasteiger partial charge on any atom is -0.354 e. The minimum absolute atomic E-state index is 0.0567. The first-order valence-corrected chi connectivity index (χ1v) is 11.8. The van der Waals surface area contributed by atoms with Crippen molar-refractivity contribution in [3.05, 3.63) is 101 Å². The van der Waals surface area contributed by atoms with E-state index in [9.17, 15) is 13.2 Å². The Hall–Kier alpha value is -3.18. The number of hydrogen-bond acceptors (Lipinski definition) is 4. The number of carbonyl (C=O) groups excluding carboxylic acids is 1. The van der Waals surface area contributed by atoms with Gasteiger partial charge in [-0.2, -0.15) is 0 Å². The van der Waals surface area contributed by atoms with Gasteiger partial charge in [0.15, 0.2) is 15.6 Å². The Morgan fingerprint density at radius 3 is 2.10 bits per heavy atom. The Balaban J connectivity index is 1.79. The average Bonchev–Trinajstić information content (AvgIpc) is 2.94. The summed E-state index contributed by atoms with van der Waals surface area (Å²) >= 11 is 0. The van der Waals surface area contributed by atoms with E-state index in [1.165, 1.54) is 0 Å². The van der Waals surface area contributed by atoms with Crippen LogP contribution < -0.4 is 5.32 Å². The molecule has 0 radical (unpaired) electrons. The van der Waals surface area contributed by atoms with Crippen molar-refractivity contribution in [1.29, 1.82) is 0 Å². The fourth-order valence-electron chi connectivity index (χ4n) is 4.43. The second kappa shape index (κ2) is 6.66. The van der Waals surface area contributed by atoms with Crippen LogP contribution in [0.25, 0.3) is 5.70 Å². The van der Waals surface area contributed by atoms with Gasteiger partial charge in [0.2, 0.25) is 0 Å². The van der Waals surface area contributed by atoms with Crippen LogP contribution in [0.15, 0.2) is 83.3 Å². The summed E-state index contributed by atoms with van der Waals surface area (Å²) < 4.78 is 27.8. The van der Waals surface area contributed by atoms with E-state index in [0.717, 1.165) is 11.1 Å². The topological polar surface area (TPSA) is 63.2 Å². The highest BCUT2D eigenvalue weighted by Gasteiger charge is 2.45. The quantitative estimate of drug-likeness (QED) is 0.552. The van der Waals surface area contributed by atoms with Gasteiger partial charge >= 0.3 is 0 Å². The first kappa shape index (κ1) is 19.8. The number of ketones is 1. The summed E-state index contributed by atoms with van der Waals surface area (Å²) in [5.41, 5.74) is 4.29. The molecule has 0 amide bonds. The molecule has 156 valence electrons.